The minimum atomic E-state index is 0.191. The van der Waals surface area contributed by atoms with Crippen LogP contribution in [0.3, 0.4) is 0 Å². The van der Waals surface area contributed by atoms with Gasteiger partial charge in [-0.3, -0.25) is 14.7 Å². The maximum Gasteiger partial charge on any atom is 0.137 e. The van der Waals surface area contributed by atoms with Gasteiger partial charge >= 0.3 is 0 Å². The average Bonchev–Trinajstić information content (AvgIpc) is 2.41. The molecule has 2 atom stereocenters. The van der Waals surface area contributed by atoms with Gasteiger partial charge in [0.05, 0.1) is 5.69 Å². The molecule has 116 valence electrons. The summed E-state index contributed by atoms with van der Waals surface area (Å²) in [6, 6.07) is 5.98. The summed E-state index contributed by atoms with van der Waals surface area (Å²) in [5.74, 6) is 1.29. The number of Topliss-reactive ketones (excluding diaryl/α,β-unsaturated/α-hetero) is 1. The standard InChI is InChI=1S/C18H28N2O/c1-18(2,3)15-8-9-17(21)14(11-15)12-20(4)13-16-7-5-6-10-19-16/h5-7,10,14-15H,8-9,11-13H2,1-4H3. The molecule has 0 spiro atoms. The molecule has 21 heavy (non-hydrogen) atoms. The monoisotopic (exact) mass is 288 g/mol. The topological polar surface area (TPSA) is 33.2 Å². The summed E-state index contributed by atoms with van der Waals surface area (Å²) in [4.78, 5) is 18.8. The van der Waals surface area contributed by atoms with E-state index in [1.54, 1.807) is 0 Å². The SMILES string of the molecule is CN(Cc1ccccn1)CC1CC(C(C)(C)C)CCC1=O. The summed E-state index contributed by atoms with van der Waals surface area (Å²) in [6.07, 6.45) is 4.67. The number of carbonyl (C=O) groups excluding carboxylic acids is 1. The Hall–Kier alpha value is -1.22. The van der Waals surface area contributed by atoms with Gasteiger partial charge in [-0.15, -0.1) is 0 Å². The highest BCUT2D eigenvalue weighted by Gasteiger charge is 2.35. The van der Waals surface area contributed by atoms with E-state index < -0.39 is 0 Å². The molecule has 1 heterocycles. The summed E-state index contributed by atoms with van der Waals surface area (Å²) in [5.41, 5.74) is 1.37. The van der Waals surface area contributed by atoms with Crippen LogP contribution >= 0.6 is 0 Å². The lowest BCUT2D eigenvalue weighted by molar-refractivity contribution is -0.127. The van der Waals surface area contributed by atoms with Gasteiger partial charge in [0, 0.05) is 31.6 Å². The first-order chi connectivity index (χ1) is 9.86. The minimum absolute atomic E-state index is 0.191. The van der Waals surface area contributed by atoms with E-state index in [9.17, 15) is 4.79 Å². The number of carbonyl (C=O) groups is 1. The molecule has 0 saturated heterocycles. The average molecular weight is 288 g/mol. The highest BCUT2D eigenvalue weighted by atomic mass is 16.1. The smallest absolute Gasteiger partial charge is 0.137 e. The van der Waals surface area contributed by atoms with Crippen molar-refractivity contribution in [2.24, 2.45) is 17.3 Å². The van der Waals surface area contributed by atoms with E-state index in [0.29, 0.717) is 17.1 Å². The maximum absolute atomic E-state index is 12.2. The number of rotatable bonds is 4. The molecule has 0 N–H and O–H groups in total. The van der Waals surface area contributed by atoms with Crippen molar-refractivity contribution in [2.75, 3.05) is 13.6 Å². The van der Waals surface area contributed by atoms with Crippen LogP contribution in [-0.4, -0.2) is 29.3 Å². The van der Waals surface area contributed by atoms with E-state index in [2.05, 4.69) is 37.7 Å². The second kappa shape index (κ2) is 6.69. The van der Waals surface area contributed by atoms with E-state index >= 15 is 0 Å². The van der Waals surface area contributed by atoms with Crippen molar-refractivity contribution in [2.45, 2.75) is 46.6 Å². The molecule has 0 aromatic carbocycles. The van der Waals surface area contributed by atoms with Crippen molar-refractivity contribution in [1.29, 1.82) is 0 Å². The third kappa shape index (κ3) is 4.63. The number of hydrogen-bond acceptors (Lipinski definition) is 3. The third-order valence-corrected chi connectivity index (χ3v) is 4.68. The molecule has 1 saturated carbocycles. The first kappa shape index (κ1) is 16.2. The molecule has 1 aliphatic carbocycles. The van der Waals surface area contributed by atoms with Crippen LogP contribution in [0.4, 0.5) is 0 Å². The second-order valence-corrected chi connectivity index (χ2v) is 7.52. The number of ketones is 1. The fourth-order valence-corrected chi connectivity index (χ4v) is 3.29. The fraction of sp³-hybridized carbons (Fsp3) is 0.667. The van der Waals surface area contributed by atoms with Crippen LogP contribution in [0.2, 0.25) is 0 Å². The Morgan fingerprint density at radius 2 is 2.10 bits per heavy atom. The largest absolute Gasteiger partial charge is 0.300 e. The zero-order valence-electron chi connectivity index (χ0n) is 13.8. The zero-order valence-corrected chi connectivity index (χ0v) is 13.8. The van der Waals surface area contributed by atoms with Crippen molar-refractivity contribution in [1.82, 2.24) is 9.88 Å². The Morgan fingerprint density at radius 1 is 1.33 bits per heavy atom. The van der Waals surface area contributed by atoms with Gasteiger partial charge in [-0.25, -0.2) is 0 Å². The molecule has 1 aliphatic rings. The molecule has 0 amide bonds. The Morgan fingerprint density at radius 3 is 2.71 bits per heavy atom. The first-order valence-corrected chi connectivity index (χ1v) is 7.97. The van der Waals surface area contributed by atoms with Crippen LogP contribution < -0.4 is 0 Å². The van der Waals surface area contributed by atoms with Crippen LogP contribution in [0.15, 0.2) is 24.4 Å². The molecule has 1 aromatic heterocycles. The molecule has 2 rings (SSSR count). The number of hydrogen-bond donors (Lipinski definition) is 0. The van der Waals surface area contributed by atoms with Crippen LogP contribution in [0.25, 0.3) is 0 Å². The Bertz CT molecular complexity index is 464. The lowest BCUT2D eigenvalue weighted by Gasteiger charge is -2.38. The molecule has 0 aliphatic heterocycles. The molecule has 1 aromatic rings. The van der Waals surface area contributed by atoms with Gasteiger partial charge in [0.15, 0.2) is 0 Å². The van der Waals surface area contributed by atoms with Crippen molar-refractivity contribution >= 4 is 5.78 Å². The van der Waals surface area contributed by atoms with Crippen LogP contribution in [0, 0.1) is 17.3 Å². The molecule has 2 unspecified atom stereocenters. The first-order valence-electron chi connectivity index (χ1n) is 7.97. The molecule has 3 heteroatoms. The predicted octanol–water partition coefficient (Wildman–Crippen LogP) is 3.54. The van der Waals surface area contributed by atoms with Crippen molar-refractivity contribution < 1.29 is 4.79 Å². The van der Waals surface area contributed by atoms with Gasteiger partial charge < -0.3 is 0 Å². The lowest BCUT2D eigenvalue weighted by Crippen LogP contribution is -2.38. The van der Waals surface area contributed by atoms with Crippen LogP contribution in [0.5, 0.6) is 0 Å². The Labute approximate surface area is 128 Å². The van der Waals surface area contributed by atoms with Gasteiger partial charge in [-0.1, -0.05) is 26.8 Å². The van der Waals surface area contributed by atoms with Crippen molar-refractivity contribution in [3.63, 3.8) is 0 Å². The van der Waals surface area contributed by atoms with Gasteiger partial charge in [-0.05, 0) is 43.4 Å². The molecule has 0 radical (unpaired) electrons. The minimum Gasteiger partial charge on any atom is -0.300 e. The van der Waals surface area contributed by atoms with Gasteiger partial charge in [0.1, 0.15) is 5.78 Å². The predicted molar refractivity (Wildman–Crippen MR) is 85.9 cm³/mol. The highest BCUT2D eigenvalue weighted by molar-refractivity contribution is 5.82. The summed E-state index contributed by atoms with van der Waals surface area (Å²) >= 11 is 0. The molecule has 0 bridgehead atoms. The number of aromatic nitrogens is 1. The fourth-order valence-electron chi connectivity index (χ4n) is 3.29. The quantitative estimate of drug-likeness (QED) is 0.849. The summed E-state index contributed by atoms with van der Waals surface area (Å²) in [7, 11) is 2.09. The number of pyridine rings is 1. The normalized spacial score (nSPS) is 23.6. The van der Waals surface area contributed by atoms with Crippen LogP contribution in [0.1, 0.15) is 45.7 Å². The summed E-state index contributed by atoms with van der Waals surface area (Å²) < 4.78 is 0. The van der Waals surface area contributed by atoms with Crippen LogP contribution in [-0.2, 0) is 11.3 Å². The van der Waals surface area contributed by atoms with Gasteiger partial charge in [-0.2, -0.15) is 0 Å². The number of nitrogens with zero attached hydrogens (tertiary/aromatic N) is 2. The van der Waals surface area contributed by atoms with Crippen molar-refractivity contribution in [3.05, 3.63) is 30.1 Å². The Kier molecular flexibility index (Phi) is 5.15. The molecule has 1 fully saturated rings. The van der Waals surface area contributed by atoms with E-state index in [0.717, 1.165) is 38.0 Å². The van der Waals surface area contributed by atoms with Gasteiger partial charge in [0.25, 0.3) is 0 Å². The summed E-state index contributed by atoms with van der Waals surface area (Å²) in [6.45, 7) is 8.54. The lowest BCUT2D eigenvalue weighted by atomic mass is 9.68. The second-order valence-electron chi connectivity index (χ2n) is 7.52. The van der Waals surface area contributed by atoms with E-state index in [1.165, 1.54) is 0 Å². The van der Waals surface area contributed by atoms with E-state index in [-0.39, 0.29) is 5.92 Å². The molecular formula is C18H28N2O. The summed E-state index contributed by atoms with van der Waals surface area (Å²) in [5, 5.41) is 0. The van der Waals surface area contributed by atoms with Crippen molar-refractivity contribution in [3.8, 4) is 0 Å². The highest BCUT2D eigenvalue weighted by Crippen LogP contribution is 2.39. The molecular weight excluding hydrogens is 260 g/mol. The van der Waals surface area contributed by atoms with Gasteiger partial charge in [0.2, 0.25) is 0 Å². The zero-order chi connectivity index (χ0) is 15.5. The molecule has 3 nitrogen and oxygen atoms in total. The van der Waals surface area contributed by atoms with E-state index in [4.69, 9.17) is 0 Å². The third-order valence-electron chi connectivity index (χ3n) is 4.68. The maximum atomic E-state index is 12.2. The van der Waals surface area contributed by atoms with E-state index in [1.807, 2.05) is 24.4 Å². The Balaban J connectivity index is 1.92.